The molecule has 0 bridgehead atoms. The lowest BCUT2D eigenvalue weighted by Crippen LogP contribution is -2.21. The normalized spacial score (nSPS) is 22.3. The predicted octanol–water partition coefficient (Wildman–Crippen LogP) is 6.54. The SMILES string of the molecule is CCc1cc(-c2ccc(Cl)cc2)cc(C)c1C1=C(O)[C@H]2CCCC[C@@H]2C1=O. The Hall–Kier alpha value is -2.06. The molecule has 1 N–H and O–H groups in total. The Bertz CT molecular complexity index is 924. The van der Waals surface area contributed by atoms with E-state index in [9.17, 15) is 9.90 Å². The van der Waals surface area contributed by atoms with Gasteiger partial charge in [0, 0.05) is 16.9 Å². The number of aryl methyl sites for hydroxylation is 2. The number of carbonyl (C=O) groups excluding carboxylic acids is 1. The van der Waals surface area contributed by atoms with Gasteiger partial charge in [-0.2, -0.15) is 0 Å². The Kier molecular flexibility index (Phi) is 4.86. The quantitative estimate of drug-likeness (QED) is 0.656. The van der Waals surface area contributed by atoms with E-state index in [2.05, 4.69) is 19.1 Å². The van der Waals surface area contributed by atoms with E-state index in [4.69, 9.17) is 11.6 Å². The number of Topliss-reactive ketones (excluding diaryl/α,β-unsaturated/α-hetero) is 1. The van der Waals surface area contributed by atoms with Gasteiger partial charge in [-0.1, -0.05) is 55.6 Å². The van der Waals surface area contributed by atoms with Crippen LogP contribution in [-0.2, 0) is 11.2 Å². The molecule has 0 aliphatic heterocycles. The summed E-state index contributed by atoms with van der Waals surface area (Å²) in [5.41, 5.74) is 5.93. The zero-order chi connectivity index (χ0) is 19.1. The molecule has 27 heavy (non-hydrogen) atoms. The van der Waals surface area contributed by atoms with E-state index in [-0.39, 0.29) is 17.6 Å². The zero-order valence-electron chi connectivity index (χ0n) is 15.9. The fraction of sp³-hybridized carbons (Fsp3) is 0.375. The monoisotopic (exact) mass is 380 g/mol. The lowest BCUT2D eigenvalue weighted by Gasteiger charge is -2.23. The molecule has 0 heterocycles. The highest BCUT2D eigenvalue weighted by Crippen LogP contribution is 2.47. The first kappa shape index (κ1) is 18.3. The van der Waals surface area contributed by atoms with E-state index < -0.39 is 0 Å². The lowest BCUT2D eigenvalue weighted by atomic mass is 9.80. The second-order valence-electron chi connectivity index (χ2n) is 7.81. The average Bonchev–Trinajstić information content (AvgIpc) is 2.93. The van der Waals surface area contributed by atoms with Gasteiger partial charge in [-0.25, -0.2) is 0 Å². The summed E-state index contributed by atoms with van der Waals surface area (Å²) in [6.07, 6.45) is 4.83. The van der Waals surface area contributed by atoms with Gasteiger partial charge in [-0.15, -0.1) is 0 Å². The molecule has 0 amide bonds. The van der Waals surface area contributed by atoms with Crippen molar-refractivity contribution in [3.63, 3.8) is 0 Å². The lowest BCUT2D eigenvalue weighted by molar-refractivity contribution is -0.118. The molecular formula is C24H25ClO2. The largest absolute Gasteiger partial charge is 0.511 e. The molecule has 2 aliphatic carbocycles. The number of aliphatic hydroxyl groups is 1. The fourth-order valence-corrected chi connectivity index (χ4v) is 4.95. The molecule has 0 aromatic heterocycles. The number of hydrogen-bond donors (Lipinski definition) is 1. The second kappa shape index (κ2) is 7.16. The topological polar surface area (TPSA) is 37.3 Å². The molecule has 0 spiro atoms. The van der Waals surface area contributed by atoms with Crippen LogP contribution in [0.2, 0.25) is 5.02 Å². The summed E-state index contributed by atoms with van der Waals surface area (Å²) in [5.74, 6) is 0.492. The summed E-state index contributed by atoms with van der Waals surface area (Å²) >= 11 is 6.02. The Morgan fingerprint density at radius 2 is 1.70 bits per heavy atom. The van der Waals surface area contributed by atoms with E-state index in [1.807, 2.05) is 31.2 Å². The molecule has 1 saturated carbocycles. The first-order valence-corrected chi connectivity index (χ1v) is 10.3. The Balaban J connectivity index is 1.83. The molecule has 2 atom stereocenters. The third-order valence-corrected chi connectivity index (χ3v) is 6.43. The predicted molar refractivity (Wildman–Crippen MR) is 111 cm³/mol. The molecule has 0 radical (unpaired) electrons. The molecule has 140 valence electrons. The molecule has 3 heteroatoms. The van der Waals surface area contributed by atoms with Crippen molar-refractivity contribution in [3.05, 3.63) is 63.9 Å². The summed E-state index contributed by atoms with van der Waals surface area (Å²) in [6.45, 7) is 4.15. The van der Waals surface area contributed by atoms with Crippen molar-refractivity contribution in [2.75, 3.05) is 0 Å². The Morgan fingerprint density at radius 1 is 1.04 bits per heavy atom. The van der Waals surface area contributed by atoms with Crippen molar-refractivity contribution in [2.24, 2.45) is 11.8 Å². The molecular weight excluding hydrogens is 356 g/mol. The zero-order valence-corrected chi connectivity index (χ0v) is 16.6. The van der Waals surface area contributed by atoms with Crippen LogP contribution < -0.4 is 0 Å². The molecule has 2 nitrogen and oxygen atoms in total. The van der Waals surface area contributed by atoms with E-state index in [1.165, 1.54) is 0 Å². The Morgan fingerprint density at radius 3 is 2.33 bits per heavy atom. The number of allylic oxidation sites excluding steroid dienone is 2. The molecule has 2 aliphatic rings. The number of carbonyl (C=O) groups is 1. The van der Waals surface area contributed by atoms with Crippen LogP contribution in [0.5, 0.6) is 0 Å². The van der Waals surface area contributed by atoms with E-state index in [0.717, 1.165) is 64.9 Å². The number of hydrogen-bond acceptors (Lipinski definition) is 2. The van der Waals surface area contributed by atoms with Gasteiger partial charge >= 0.3 is 0 Å². The number of fused-ring (bicyclic) bond motifs is 1. The van der Waals surface area contributed by atoms with Crippen LogP contribution in [0.15, 0.2) is 42.2 Å². The molecule has 2 aromatic rings. The number of benzene rings is 2. The van der Waals surface area contributed by atoms with Crippen molar-refractivity contribution in [3.8, 4) is 11.1 Å². The molecule has 0 saturated heterocycles. The molecule has 2 aromatic carbocycles. The highest BCUT2D eigenvalue weighted by molar-refractivity contribution is 6.30. The van der Waals surface area contributed by atoms with Crippen LogP contribution in [0.1, 0.15) is 49.3 Å². The van der Waals surface area contributed by atoms with Crippen LogP contribution in [-0.4, -0.2) is 10.9 Å². The highest BCUT2D eigenvalue weighted by Gasteiger charge is 2.44. The van der Waals surface area contributed by atoms with Gasteiger partial charge in [0.25, 0.3) is 0 Å². The maximum absolute atomic E-state index is 13.1. The summed E-state index contributed by atoms with van der Waals surface area (Å²) in [5, 5.41) is 11.6. The standard InChI is InChI=1S/C24H25ClO2/c1-3-15-13-17(16-8-10-18(25)11-9-16)12-14(2)21(15)22-23(26)19-6-4-5-7-20(19)24(22)27/h8-13,19-20,26H,3-7H2,1-2H3/t19-,20-/m0/s1. The highest BCUT2D eigenvalue weighted by atomic mass is 35.5. The van der Waals surface area contributed by atoms with Crippen molar-refractivity contribution in [1.82, 2.24) is 0 Å². The summed E-state index contributed by atoms with van der Waals surface area (Å²) in [7, 11) is 0. The van der Waals surface area contributed by atoms with Crippen molar-refractivity contribution in [1.29, 1.82) is 0 Å². The number of halogens is 1. The first-order chi connectivity index (χ1) is 13.0. The van der Waals surface area contributed by atoms with Crippen molar-refractivity contribution < 1.29 is 9.90 Å². The second-order valence-corrected chi connectivity index (χ2v) is 8.25. The smallest absolute Gasteiger partial charge is 0.170 e. The summed E-state index contributed by atoms with van der Waals surface area (Å²) in [6, 6.07) is 12.1. The first-order valence-electron chi connectivity index (χ1n) is 9.88. The minimum atomic E-state index is -0.0196. The third kappa shape index (κ3) is 3.10. The van der Waals surface area contributed by atoms with Crippen LogP contribution in [0, 0.1) is 18.8 Å². The van der Waals surface area contributed by atoms with Crippen LogP contribution in [0.4, 0.5) is 0 Å². The maximum Gasteiger partial charge on any atom is 0.170 e. The van der Waals surface area contributed by atoms with Gasteiger partial charge in [0.15, 0.2) is 5.78 Å². The van der Waals surface area contributed by atoms with Crippen molar-refractivity contribution >= 4 is 23.0 Å². The van der Waals surface area contributed by atoms with Gasteiger partial charge < -0.3 is 5.11 Å². The minimum Gasteiger partial charge on any atom is -0.511 e. The van der Waals surface area contributed by atoms with Gasteiger partial charge in [0.2, 0.25) is 0 Å². The Labute approximate surface area is 165 Å². The summed E-state index contributed by atoms with van der Waals surface area (Å²) < 4.78 is 0. The molecule has 4 rings (SSSR count). The number of rotatable bonds is 3. The third-order valence-electron chi connectivity index (χ3n) is 6.18. The van der Waals surface area contributed by atoms with Gasteiger partial charge in [-0.05, 0) is 66.1 Å². The van der Waals surface area contributed by atoms with E-state index in [1.54, 1.807) is 0 Å². The number of ketones is 1. The number of aliphatic hydroxyl groups excluding tert-OH is 1. The van der Waals surface area contributed by atoms with Gasteiger partial charge in [0.1, 0.15) is 5.76 Å². The maximum atomic E-state index is 13.1. The van der Waals surface area contributed by atoms with E-state index in [0.29, 0.717) is 11.3 Å². The summed E-state index contributed by atoms with van der Waals surface area (Å²) in [4.78, 5) is 13.1. The van der Waals surface area contributed by atoms with Crippen LogP contribution >= 0.6 is 11.6 Å². The minimum absolute atomic E-state index is 0.0196. The molecule has 0 unspecified atom stereocenters. The van der Waals surface area contributed by atoms with Gasteiger partial charge in [-0.3, -0.25) is 4.79 Å². The average molecular weight is 381 g/mol. The van der Waals surface area contributed by atoms with Gasteiger partial charge in [0.05, 0.1) is 5.57 Å². The fourth-order valence-electron chi connectivity index (χ4n) is 4.83. The van der Waals surface area contributed by atoms with E-state index >= 15 is 0 Å². The molecule has 1 fully saturated rings. The van der Waals surface area contributed by atoms with Crippen LogP contribution in [0.3, 0.4) is 0 Å². The van der Waals surface area contributed by atoms with Crippen molar-refractivity contribution in [2.45, 2.75) is 46.0 Å². The van der Waals surface area contributed by atoms with Crippen LogP contribution in [0.25, 0.3) is 16.7 Å².